The molecule has 16 heavy (non-hydrogen) atoms. The quantitative estimate of drug-likeness (QED) is 0.845. The maximum Gasteiger partial charge on any atom is 0.123 e. The Morgan fingerprint density at radius 2 is 2.19 bits per heavy atom. The molecule has 2 rings (SSSR count). The molecule has 0 saturated carbocycles. The number of piperidine rings is 1. The molecule has 0 spiro atoms. The number of methoxy groups -OCH3 is 1. The largest absolute Gasteiger partial charge is 0.497 e. The first-order valence-electron chi connectivity index (χ1n) is 5.89. The van der Waals surface area contributed by atoms with Gasteiger partial charge in [-0.3, -0.25) is 0 Å². The summed E-state index contributed by atoms with van der Waals surface area (Å²) in [5, 5.41) is 3.46. The Labute approximate surface area is 96.8 Å². The van der Waals surface area contributed by atoms with Crippen molar-refractivity contribution in [2.75, 3.05) is 20.3 Å². The van der Waals surface area contributed by atoms with Crippen LogP contribution in [0.25, 0.3) is 0 Å². The highest BCUT2D eigenvalue weighted by Gasteiger charge is 2.12. The van der Waals surface area contributed by atoms with Crippen molar-refractivity contribution in [1.29, 1.82) is 0 Å². The summed E-state index contributed by atoms with van der Waals surface area (Å²) in [6.07, 6.45) is 3.80. The summed E-state index contributed by atoms with van der Waals surface area (Å²) in [6, 6.07) is 8.25. The van der Waals surface area contributed by atoms with Gasteiger partial charge in [0, 0.05) is 12.1 Å². The van der Waals surface area contributed by atoms with Crippen LogP contribution >= 0.6 is 0 Å². The summed E-state index contributed by atoms with van der Waals surface area (Å²) in [7, 11) is 1.67. The van der Waals surface area contributed by atoms with Crippen LogP contribution in [0.4, 0.5) is 0 Å². The minimum atomic E-state index is 0.500. The number of benzene rings is 1. The second-order valence-corrected chi connectivity index (χ2v) is 4.14. The highest BCUT2D eigenvalue weighted by atomic mass is 16.5. The summed E-state index contributed by atoms with van der Waals surface area (Å²) in [5.41, 5.74) is 0. The molecule has 3 heteroatoms. The zero-order chi connectivity index (χ0) is 11.2. The molecular weight excluding hydrogens is 202 g/mol. The number of hydrogen-bond donors (Lipinski definition) is 1. The van der Waals surface area contributed by atoms with Gasteiger partial charge in [0.05, 0.1) is 7.11 Å². The highest BCUT2D eigenvalue weighted by molar-refractivity contribution is 5.32. The SMILES string of the molecule is COc1cccc(OC[C@H]2CCCCN2)c1. The predicted molar refractivity (Wildman–Crippen MR) is 64.1 cm³/mol. The van der Waals surface area contributed by atoms with Crippen molar-refractivity contribution in [2.24, 2.45) is 0 Å². The molecule has 1 fully saturated rings. The van der Waals surface area contributed by atoms with Crippen LogP contribution in [0, 0.1) is 0 Å². The van der Waals surface area contributed by atoms with E-state index >= 15 is 0 Å². The molecule has 1 aromatic carbocycles. The average molecular weight is 221 g/mol. The molecule has 0 bridgehead atoms. The van der Waals surface area contributed by atoms with Crippen LogP contribution in [-0.4, -0.2) is 26.3 Å². The molecule has 0 aromatic heterocycles. The Morgan fingerprint density at radius 3 is 2.94 bits per heavy atom. The molecule has 1 N–H and O–H groups in total. The van der Waals surface area contributed by atoms with Crippen molar-refractivity contribution in [3.8, 4) is 11.5 Å². The van der Waals surface area contributed by atoms with Crippen LogP contribution in [0.5, 0.6) is 11.5 Å². The van der Waals surface area contributed by atoms with Crippen LogP contribution in [0.1, 0.15) is 19.3 Å². The van der Waals surface area contributed by atoms with Gasteiger partial charge in [0.15, 0.2) is 0 Å². The van der Waals surface area contributed by atoms with Gasteiger partial charge in [-0.1, -0.05) is 12.5 Å². The lowest BCUT2D eigenvalue weighted by molar-refractivity contribution is 0.238. The van der Waals surface area contributed by atoms with Crippen molar-refractivity contribution >= 4 is 0 Å². The van der Waals surface area contributed by atoms with Crippen molar-refractivity contribution in [3.63, 3.8) is 0 Å². The number of hydrogen-bond acceptors (Lipinski definition) is 3. The third-order valence-electron chi connectivity index (χ3n) is 2.90. The molecule has 1 heterocycles. The molecule has 0 unspecified atom stereocenters. The lowest BCUT2D eigenvalue weighted by atomic mass is 10.1. The van der Waals surface area contributed by atoms with E-state index in [1.807, 2.05) is 24.3 Å². The molecule has 1 saturated heterocycles. The molecule has 0 aliphatic carbocycles. The van der Waals surface area contributed by atoms with Crippen LogP contribution in [-0.2, 0) is 0 Å². The van der Waals surface area contributed by atoms with Crippen molar-refractivity contribution in [2.45, 2.75) is 25.3 Å². The first-order chi connectivity index (χ1) is 7.88. The topological polar surface area (TPSA) is 30.5 Å². The van der Waals surface area contributed by atoms with E-state index in [2.05, 4.69) is 5.32 Å². The molecular formula is C13H19NO2. The fraction of sp³-hybridized carbons (Fsp3) is 0.538. The van der Waals surface area contributed by atoms with Gasteiger partial charge in [0.2, 0.25) is 0 Å². The molecule has 0 radical (unpaired) electrons. The lowest BCUT2D eigenvalue weighted by Crippen LogP contribution is -2.38. The van der Waals surface area contributed by atoms with E-state index in [1.54, 1.807) is 7.11 Å². The fourth-order valence-corrected chi connectivity index (χ4v) is 1.95. The zero-order valence-electron chi connectivity index (χ0n) is 9.74. The first kappa shape index (κ1) is 11.3. The third kappa shape index (κ3) is 3.14. The molecule has 3 nitrogen and oxygen atoms in total. The Morgan fingerprint density at radius 1 is 1.31 bits per heavy atom. The van der Waals surface area contributed by atoms with Gasteiger partial charge in [-0.2, -0.15) is 0 Å². The van der Waals surface area contributed by atoms with Gasteiger partial charge in [-0.25, -0.2) is 0 Å². The van der Waals surface area contributed by atoms with E-state index in [4.69, 9.17) is 9.47 Å². The van der Waals surface area contributed by atoms with Crippen LogP contribution in [0.2, 0.25) is 0 Å². The van der Waals surface area contributed by atoms with E-state index in [0.29, 0.717) is 6.04 Å². The maximum atomic E-state index is 5.75. The minimum Gasteiger partial charge on any atom is -0.497 e. The molecule has 1 aliphatic rings. The Kier molecular flexibility index (Phi) is 4.05. The van der Waals surface area contributed by atoms with Gasteiger partial charge in [0.1, 0.15) is 18.1 Å². The predicted octanol–water partition coefficient (Wildman–Crippen LogP) is 2.22. The number of ether oxygens (including phenoxy) is 2. The van der Waals surface area contributed by atoms with E-state index < -0.39 is 0 Å². The number of rotatable bonds is 4. The average Bonchev–Trinajstić information content (AvgIpc) is 2.38. The van der Waals surface area contributed by atoms with Crippen LogP contribution < -0.4 is 14.8 Å². The first-order valence-corrected chi connectivity index (χ1v) is 5.89. The fourth-order valence-electron chi connectivity index (χ4n) is 1.95. The Bertz CT molecular complexity index is 321. The zero-order valence-corrected chi connectivity index (χ0v) is 9.74. The van der Waals surface area contributed by atoms with Crippen LogP contribution in [0.15, 0.2) is 24.3 Å². The van der Waals surface area contributed by atoms with Crippen molar-refractivity contribution < 1.29 is 9.47 Å². The van der Waals surface area contributed by atoms with Crippen molar-refractivity contribution in [3.05, 3.63) is 24.3 Å². The molecule has 88 valence electrons. The maximum absolute atomic E-state index is 5.75. The lowest BCUT2D eigenvalue weighted by Gasteiger charge is -2.23. The van der Waals surface area contributed by atoms with Gasteiger partial charge in [-0.05, 0) is 31.5 Å². The monoisotopic (exact) mass is 221 g/mol. The minimum absolute atomic E-state index is 0.500. The van der Waals surface area contributed by atoms with Gasteiger partial charge < -0.3 is 14.8 Å². The number of nitrogens with one attached hydrogen (secondary N) is 1. The third-order valence-corrected chi connectivity index (χ3v) is 2.90. The van der Waals surface area contributed by atoms with E-state index in [1.165, 1.54) is 19.3 Å². The molecule has 0 amide bonds. The summed E-state index contributed by atoms with van der Waals surface area (Å²) >= 11 is 0. The summed E-state index contributed by atoms with van der Waals surface area (Å²) in [4.78, 5) is 0. The Balaban J connectivity index is 1.83. The van der Waals surface area contributed by atoms with E-state index in [9.17, 15) is 0 Å². The second kappa shape index (κ2) is 5.75. The van der Waals surface area contributed by atoms with Gasteiger partial charge in [0.25, 0.3) is 0 Å². The Hall–Kier alpha value is -1.22. The molecule has 1 aliphatic heterocycles. The summed E-state index contributed by atoms with van der Waals surface area (Å²) < 4.78 is 10.9. The standard InChI is InChI=1S/C13H19NO2/c1-15-12-6-4-7-13(9-12)16-10-11-5-2-3-8-14-11/h4,6-7,9,11,14H,2-3,5,8,10H2,1H3/t11-/m1/s1. The normalized spacial score (nSPS) is 20.4. The second-order valence-electron chi connectivity index (χ2n) is 4.14. The van der Waals surface area contributed by atoms with E-state index in [0.717, 1.165) is 24.7 Å². The van der Waals surface area contributed by atoms with E-state index in [-0.39, 0.29) is 0 Å². The van der Waals surface area contributed by atoms with Gasteiger partial charge in [-0.15, -0.1) is 0 Å². The summed E-state index contributed by atoms with van der Waals surface area (Å²) in [6.45, 7) is 1.86. The molecule has 1 atom stereocenters. The van der Waals surface area contributed by atoms with Crippen LogP contribution in [0.3, 0.4) is 0 Å². The van der Waals surface area contributed by atoms with Crippen molar-refractivity contribution in [1.82, 2.24) is 5.32 Å². The highest BCUT2D eigenvalue weighted by Crippen LogP contribution is 2.19. The molecule has 1 aromatic rings. The van der Waals surface area contributed by atoms with Gasteiger partial charge >= 0.3 is 0 Å². The smallest absolute Gasteiger partial charge is 0.123 e. The summed E-state index contributed by atoms with van der Waals surface area (Å²) in [5.74, 6) is 1.72.